The Kier molecular flexibility index (Phi) is 9.64. The summed E-state index contributed by atoms with van der Waals surface area (Å²) in [4.78, 5) is 67.7. The zero-order valence-electron chi connectivity index (χ0n) is 26.4. The zero-order chi connectivity index (χ0) is 33.2. The number of ether oxygens (including phenoxy) is 2. The van der Waals surface area contributed by atoms with Crippen LogP contribution >= 0.6 is 0 Å². The molecule has 3 amide bonds. The standard InChI is InChI=1S/C28H39F2N11O5/c1-28(2,3)46-27(44)41-14-17(15-41)23(43)37(4)16-19(42)38-5-7-39(8-6-38)25-34-22(18-13-32-24(31)33-20(18)21(29)30)35-26(36-25)40-9-11-45-12-10-40/h13,17,21H,5-12,14-16H2,1-4H3,(H2,31,32,33). The molecule has 5 rings (SSSR count). The van der Waals surface area contributed by atoms with Crippen LogP contribution in [-0.2, 0) is 19.1 Å². The second kappa shape index (κ2) is 13.5. The van der Waals surface area contributed by atoms with E-state index in [2.05, 4.69) is 24.9 Å². The third-order valence-electron chi connectivity index (χ3n) is 7.74. The normalized spacial score (nSPS) is 17.6. The summed E-state index contributed by atoms with van der Waals surface area (Å²) < 4.78 is 38.6. The predicted octanol–water partition coefficient (Wildman–Crippen LogP) is 0.659. The van der Waals surface area contributed by atoms with E-state index in [0.717, 1.165) is 0 Å². The van der Waals surface area contributed by atoms with Crippen molar-refractivity contribution in [3.63, 3.8) is 0 Å². The van der Waals surface area contributed by atoms with E-state index in [1.165, 1.54) is 16.0 Å². The van der Waals surface area contributed by atoms with E-state index in [9.17, 15) is 23.2 Å². The van der Waals surface area contributed by atoms with Gasteiger partial charge in [0.25, 0.3) is 6.43 Å². The highest BCUT2D eigenvalue weighted by molar-refractivity contribution is 5.87. The Morgan fingerprint density at radius 1 is 0.978 bits per heavy atom. The lowest BCUT2D eigenvalue weighted by molar-refractivity contribution is -0.145. The summed E-state index contributed by atoms with van der Waals surface area (Å²) in [6, 6.07) is 0. The molecule has 0 aromatic carbocycles. The van der Waals surface area contributed by atoms with Gasteiger partial charge in [-0.25, -0.2) is 23.5 Å². The van der Waals surface area contributed by atoms with E-state index < -0.39 is 29.7 Å². The topological polar surface area (TPSA) is 176 Å². The number of aromatic nitrogens is 5. The van der Waals surface area contributed by atoms with Gasteiger partial charge in [0, 0.05) is 65.6 Å². The van der Waals surface area contributed by atoms with Crippen molar-refractivity contribution in [3.8, 4) is 11.4 Å². The third-order valence-corrected chi connectivity index (χ3v) is 7.74. The number of piperazine rings is 1. The summed E-state index contributed by atoms with van der Waals surface area (Å²) in [7, 11) is 1.57. The fraction of sp³-hybridized carbons (Fsp3) is 0.643. The molecule has 0 radical (unpaired) electrons. The number of nitrogens with two attached hydrogens (primary N) is 1. The minimum Gasteiger partial charge on any atom is -0.444 e. The van der Waals surface area contributed by atoms with Crippen LogP contribution in [0.1, 0.15) is 32.9 Å². The molecule has 3 fully saturated rings. The third kappa shape index (κ3) is 7.66. The summed E-state index contributed by atoms with van der Waals surface area (Å²) in [6.07, 6.45) is -2.22. The van der Waals surface area contributed by atoms with Gasteiger partial charge in [-0.2, -0.15) is 15.0 Å². The molecule has 0 spiro atoms. The molecule has 2 N–H and O–H groups in total. The molecule has 2 aromatic heterocycles. The number of likely N-dealkylation sites (N-methyl/N-ethyl adjacent to an activating group) is 1. The molecule has 18 heteroatoms. The lowest BCUT2D eigenvalue weighted by Crippen LogP contribution is -2.58. The van der Waals surface area contributed by atoms with Gasteiger partial charge in [0.2, 0.25) is 29.7 Å². The van der Waals surface area contributed by atoms with Gasteiger partial charge in [0.15, 0.2) is 5.82 Å². The first kappa shape index (κ1) is 32.9. The van der Waals surface area contributed by atoms with Crippen molar-refractivity contribution in [2.24, 2.45) is 5.92 Å². The lowest BCUT2D eigenvalue weighted by Gasteiger charge is -2.40. The molecular weight excluding hydrogens is 608 g/mol. The molecular formula is C28H39F2N11O5. The number of carbonyl (C=O) groups excluding carboxylic acids is 3. The molecule has 0 aliphatic carbocycles. The van der Waals surface area contributed by atoms with Crippen molar-refractivity contribution in [2.75, 3.05) is 94.7 Å². The van der Waals surface area contributed by atoms with E-state index >= 15 is 0 Å². The Morgan fingerprint density at radius 3 is 2.17 bits per heavy atom. The van der Waals surface area contributed by atoms with Crippen LogP contribution in [0, 0.1) is 5.92 Å². The molecule has 0 unspecified atom stereocenters. The van der Waals surface area contributed by atoms with Crippen LogP contribution in [0.2, 0.25) is 0 Å². The van der Waals surface area contributed by atoms with Crippen LogP contribution in [0.4, 0.5) is 31.4 Å². The fourth-order valence-electron chi connectivity index (χ4n) is 5.23. The van der Waals surface area contributed by atoms with Gasteiger partial charge < -0.3 is 39.7 Å². The van der Waals surface area contributed by atoms with Gasteiger partial charge in [-0.1, -0.05) is 0 Å². The van der Waals surface area contributed by atoms with E-state index in [-0.39, 0.29) is 54.7 Å². The number of hydrogen-bond acceptors (Lipinski definition) is 13. The minimum absolute atomic E-state index is 0.0123. The number of anilines is 3. The maximum Gasteiger partial charge on any atom is 0.410 e. The molecule has 250 valence electrons. The van der Waals surface area contributed by atoms with Gasteiger partial charge in [-0.3, -0.25) is 9.59 Å². The van der Waals surface area contributed by atoms with Crippen molar-refractivity contribution < 1.29 is 32.6 Å². The van der Waals surface area contributed by atoms with Gasteiger partial charge in [-0.15, -0.1) is 0 Å². The number of nitrogen functional groups attached to an aromatic ring is 1. The SMILES string of the molecule is CN(CC(=O)N1CCN(c2nc(-c3cnc(N)nc3C(F)F)nc(N3CCOCC3)n2)CC1)C(=O)C1CN(C(=O)OC(C)(C)C)C1. The Bertz CT molecular complexity index is 1440. The van der Waals surface area contributed by atoms with Crippen LogP contribution < -0.4 is 15.5 Å². The van der Waals surface area contributed by atoms with Crippen molar-refractivity contribution in [1.82, 2.24) is 39.6 Å². The van der Waals surface area contributed by atoms with E-state index in [1.54, 1.807) is 32.7 Å². The summed E-state index contributed by atoms with van der Waals surface area (Å²) in [5.41, 5.74) is 4.31. The number of carbonyl (C=O) groups is 3. The highest BCUT2D eigenvalue weighted by Gasteiger charge is 2.39. The molecule has 2 aromatic rings. The predicted molar refractivity (Wildman–Crippen MR) is 161 cm³/mol. The average Bonchev–Trinajstić information content (AvgIpc) is 2.99. The zero-order valence-corrected chi connectivity index (χ0v) is 26.4. The smallest absolute Gasteiger partial charge is 0.410 e. The lowest BCUT2D eigenvalue weighted by atomic mass is 9.99. The number of rotatable bonds is 7. The number of halogens is 2. The molecule has 0 bridgehead atoms. The second-order valence-electron chi connectivity index (χ2n) is 12.3. The molecule has 16 nitrogen and oxygen atoms in total. The number of likely N-dealkylation sites (tertiary alicyclic amines) is 1. The summed E-state index contributed by atoms with van der Waals surface area (Å²) in [5, 5.41) is 0. The Labute approximate surface area is 264 Å². The number of nitrogens with zero attached hydrogens (tertiary/aromatic N) is 10. The second-order valence-corrected chi connectivity index (χ2v) is 12.3. The number of alkyl halides is 2. The van der Waals surface area contributed by atoms with Crippen LogP contribution in [-0.4, -0.2) is 142 Å². The van der Waals surface area contributed by atoms with Crippen LogP contribution in [0.15, 0.2) is 6.20 Å². The highest BCUT2D eigenvalue weighted by atomic mass is 19.3. The molecule has 3 aliphatic rings. The first-order chi connectivity index (χ1) is 21.8. The fourth-order valence-corrected chi connectivity index (χ4v) is 5.23. The van der Waals surface area contributed by atoms with Crippen LogP contribution in [0.5, 0.6) is 0 Å². The van der Waals surface area contributed by atoms with Crippen molar-refractivity contribution in [1.29, 1.82) is 0 Å². The molecule has 0 atom stereocenters. The van der Waals surface area contributed by atoms with Gasteiger partial charge in [0.05, 0.1) is 31.2 Å². The van der Waals surface area contributed by atoms with Gasteiger partial charge in [0.1, 0.15) is 11.3 Å². The largest absolute Gasteiger partial charge is 0.444 e. The number of morpholine rings is 1. The first-order valence-electron chi connectivity index (χ1n) is 15.0. The van der Waals surface area contributed by atoms with Crippen molar-refractivity contribution in [3.05, 3.63) is 11.9 Å². The highest BCUT2D eigenvalue weighted by Crippen LogP contribution is 2.30. The van der Waals surface area contributed by atoms with Crippen molar-refractivity contribution >= 4 is 35.8 Å². The van der Waals surface area contributed by atoms with Crippen LogP contribution in [0.25, 0.3) is 11.4 Å². The van der Waals surface area contributed by atoms with E-state index in [1.807, 2.05) is 9.80 Å². The average molecular weight is 648 g/mol. The van der Waals surface area contributed by atoms with Gasteiger partial charge in [-0.05, 0) is 20.8 Å². The van der Waals surface area contributed by atoms with Crippen LogP contribution in [0.3, 0.4) is 0 Å². The maximum atomic E-state index is 13.9. The van der Waals surface area contributed by atoms with E-state index in [0.29, 0.717) is 58.4 Å². The molecule has 46 heavy (non-hydrogen) atoms. The molecule has 3 aliphatic heterocycles. The first-order valence-corrected chi connectivity index (χ1v) is 15.0. The summed E-state index contributed by atoms with van der Waals surface area (Å²) in [5.74, 6) is -0.549. The molecule has 5 heterocycles. The maximum absolute atomic E-state index is 13.9. The molecule has 3 saturated heterocycles. The summed E-state index contributed by atoms with van der Waals surface area (Å²) >= 11 is 0. The monoisotopic (exact) mass is 647 g/mol. The quantitative estimate of drug-likeness (QED) is 0.444. The number of hydrogen-bond donors (Lipinski definition) is 1. The Balaban J connectivity index is 1.22. The number of amides is 3. The van der Waals surface area contributed by atoms with E-state index in [4.69, 9.17) is 15.2 Å². The molecule has 0 saturated carbocycles. The van der Waals surface area contributed by atoms with Crippen molar-refractivity contribution in [2.45, 2.75) is 32.8 Å². The minimum atomic E-state index is -2.93. The summed E-state index contributed by atoms with van der Waals surface area (Å²) in [6.45, 7) is 9.05. The van der Waals surface area contributed by atoms with Gasteiger partial charge >= 0.3 is 6.09 Å². The Hall–Kier alpha value is -4.48. The Morgan fingerprint density at radius 2 is 1.59 bits per heavy atom.